The van der Waals surface area contributed by atoms with Gasteiger partial charge >= 0.3 is 0 Å². The highest BCUT2D eigenvalue weighted by atomic mass is 32.1. The predicted molar refractivity (Wildman–Crippen MR) is 84.9 cm³/mol. The number of nitrogens with zero attached hydrogens (tertiary/aromatic N) is 3. The van der Waals surface area contributed by atoms with Crippen LogP contribution in [0.2, 0.25) is 0 Å². The molecule has 1 aliphatic rings. The summed E-state index contributed by atoms with van der Waals surface area (Å²) in [5.74, 6) is 0.386. The Kier molecular flexibility index (Phi) is 4.42. The number of nitrogens with one attached hydrogen (secondary N) is 1. The molecule has 0 saturated carbocycles. The fourth-order valence-corrected chi connectivity index (χ4v) is 3.17. The van der Waals surface area contributed by atoms with Gasteiger partial charge in [-0.05, 0) is 12.1 Å². The molecule has 7 nitrogen and oxygen atoms in total. The molecular weight excluding hydrogens is 316 g/mol. The first-order valence-electron chi connectivity index (χ1n) is 7.47. The average Bonchev–Trinajstić information content (AvgIpc) is 3.21. The van der Waals surface area contributed by atoms with Crippen LogP contribution in [0.25, 0.3) is 0 Å². The number of hydrogen-bond donors (Lipinski definition) is 1. The zero-order valence-corrected chi connectivity index (χ0v) is 13.8. The van der Waals surface area contributed by atoms with Gasteiger partial charge in [-0.3, -0.25) is 9.59 Å². The van der Waals surface area contributed by atoms with Crippen molar-refractivity contribution in [2.45, 2.75) is 32.7 Å². The third-order valence-corrected chi connectivity index (χ3v) is 4.82. The minimum Gasteiger partial charge on any atom is -0.467 e. The van der Waals surface area contributed by atoms with Crippen molar-refractivity contribution in [2.24, 2.45) is 5.92 Å². The van der Waals surface area contributed by atoms with Crippen molar-refractivity contribution in [1.29, 1.82) is 0 Å². The smallest absolute Gasteiger partial charge is 0.231 e. The van der Waals surface area contributed by atoms with Gasteiger partial charge in [0.1, 0.15) is 10.8 Å². The van der Waals surface area contributed by atoms with E-state index in [0.717, 1.165) is 5.01 Å². The van der Waals surface area contributed by atoms with Gasteiger partial charge in [-0.15, -0.1) is 10.2 Å². The number of rotatable bonds is 5. The van der Waals surface area contributed by atoms with Crippen molar-refractivity contribution in [2.75, 3.05) is 11.9 Å². The number of anilines is 1. The number of carbonyl (C=O) groups excluding carboxylic acids is 2. The maximum atomic E-state index is 12.3. The minimum absolute atomic E-state index is 0.0401. The zero-order valence-electron chi connectivity index (χ0n) is 13.0. The second kappa shape index (κ2) is 6.49. The molecule has 122 valence electrons. The maximum absolute atomic E-state index is 12.3. The largest absolute Gasteiger partial charge is 0.467 e. The monoisotopic (exact) mass is 334 g/mol. The van der Waals surface area contributed by atoms with Crippen molar-refractivity contribution in [3.05, 3.63) is 29.2 Å². The van der Waals surface area contributed by atoms with E-state index in [1.807, 2.05) is 19.9 Å². The van der Waals surface area contributed by atoms with E-state index in [1.54, 1.807) is 17.2 Å². The molecule has 2 amide bonds. The quantitative estimate of drug-likeness (QED) is 0.906. The van der Waals surface area contributed by atoms with Crippen LogP contribution in [-0.2, 0) is 16.1 Å². The Morgan fingerprint density at radius 1 is 1.52 bits per heavy atom. The Morgan fingerprint density at radius 2 is 2.35 bits per heavy atom. The van der Waals surface area contributed by atoms with Crippen molar-refractivity contribution >= 4 is 28.3 Å². The van der Waals surface area contributed by atoms with Crippen molar-refractivity contribution in [3.63, 3.8) is 0 Å². The molecule has 1 saturated heterocycles. The molecule has 0 aromatic carbocycles. The fourth-order valence-electron chi connectivity index (χ4n) is 2.42. The summed E-state index contributed by atoms with van der Waals surface area (Å²) < 4.78 is 5.25. The normalized spacial score (nSPS) is 18.0. The van der Waals surface area contributed by atoms with E-state index in [2.05, 4.69) is 15.5 Å². The van der Waals surface area contributed by atoms with Crippen LogP contribution in [0.15, 0.2) is 22.8 Å². The highest BCUT2D eigenvalue weighted by molar-refractivity contribution is 7.15. The van der Waals surface area contributed by atoms with E-state index in [9.17, 15) is 9.59 Å². The van der Waals surface area contributed by atoms with E-state index in [4.69, 9.17) is 4.42 Å². The Balaban J connectivity index is 1.58. The molecule has 3 rings (SSSR count). The van der Waals surface area contributed by atoms with Gasteiger partial charge in [0.25, 0.3) is 0 Å². The number of carbonyl (C=O) groups is 2. The van der Waals surface area contributed by atoms with Crippen molar-refractivity contribution in [1.82, 2.24) is 15.1 Å². The summed E-state index contributed by atoms with van der Waals surface area (Å²) in [5.41, 5.74) is 0. The second-order valence-corrected chi connectivity index (χ2v) is 6.85. The van der Waals surface area contributed by atoms with Gasteiger partial charge in [0, 0.05) is 18.9 Å². The summed E-state index contributed by atoms with van der Waals surface area (Å²) in [6.45, 7) is 4.83. The van der Waals surface area contributed by atoms with E-state index in [0.29, 0.717) is 24.0 Å². The second-order valence-electron chi connectivity index (χ2n) is 5.84. The van der Waals surface area contributed by atoms with Crippen LogP contribution in [0.5, 0.6) is 0 Å². The molecule has 1 atom stereocenters. The van der Waals surface area contributed by atoms with Crippen LogP contribution < -0.4 is 5.32 Å². The molecule has 0 unspecified atom stereocenters. The van der Waals surface area contributed by atoms with Gasteiger partial charge in [0.15, 0.2) is 0 Å². The lowest BCUT2D eigenvalue weighted by molar-refractivity contribution is -0.128. The summed E-state index contributed by atoms with van der Waals surface area (Å²) in [4.78, 5) is 26.0. The molecule has 0 spiro atoms. The molecule has 2 aromatic rings. The van der Waals surface area contributed by atoms with Crippen LogP contribution >= 0.6 is 11.3 Å². The molecule has 8 heteroatoms. The molecule has 2 aromatic heterocycles. The Labute approximate surface area is 137 Å². The molecule has 1 aliphatic heterocycles. The number of aromatic nitrogens is 2. The number of amides is 2. The highest BCUT2D eigenvalue weighted by Crippen LogP contribution is 2.25. The Hall–Kier alpha value is -2.22. The fraction of sp³-hybridized carbons (Fsp3) is 0.467. The van der Waals surface area contributed by atoms with Gasteiger partial charge in [0.2, 0.25) is 16.9 Å². The van der Waals surface area contributed by atoms with Crippen molar-refractivity contribution < 1.29 is 14.0 Å². The van der Waals surface area contributed by atoms with E-state index < -0.39 is 0 Å². The lowest BCUT2D eigenvalue weighted by Crippen LogP contribution is -2.27. The van der Waals surface area contributed by atoms with Crippen LogP contribution in [0.1, 0.15) is 37.0 Å². The standard InChI is InChI=1S/C15H18N4O3S/c1-9(2)14-17-18-15(23-14)16-13(21)10-6-12(20)19(7-10)8-11-4-3-5-22-11/h3-5,9-10H,6-8H2,1-2H3,(H,16,18,21)/t10-/m1/s1. The molecular formula is C15H18N4O3S. The van der Waals surface area contributed by atoms with E-state index >= 15 is 0 Å². The van der Waals surface area contributed by atoms with Crippen molar-refractivity contribution in [3.8, 4) is 0 Å². The SMILES string of the molecule is CC(C)c1nnc(NC(=O)[C@@H]2CC(=O)N(Cc3ccco3)C2)s1. The average molecular weight is 334 g/mol. The van der Waals surface area contributed by atoms with Crippen LogP contribution in [0.4, 0.5) is 5.13 Å². The molecule has 1 N–H and O–H groups in total. The maximum Gasteiger partial charge on any atom is 0.231 e. The molecule has 1 fully saturated rings. The van der Waals surface area contributed by atoms with Gasteiger partial charge in [-0.2, -0.15) is 0 Å². The molecule has 0 radical (unpaired) electrons. The summed E-state index contributed by atoms with van der Waals surface area (Å²) in [5, 5.41) is 12.1. The first-order chi connectivity index (χ1) is 11.0. The first kappa shape index (κ1) is 15.7. The zero-order chi connectivity index (χ0) is 16.4. The first-order valence-corrected chi connectivity index (χ1v) is 8.29. The van der Waals surface area contributed by atoms with E-state index in [-0.39, 0.29) is 30.1 Å². The highest BCUT2D eigenvalue weighted by Gasteiger charge is 2.35. The Morgan fingerprint density at radius 3 is 3.00 bits per heavy atom. The van der Waals surface area contributed by atoms with Gasteiger partial charge in [-0.1, -0.05) is 25.2 Å². The number of likely N-dealkylation sites (tertiary alicyclic amines) is 1. The van der Waals surface area contributed by atoms with E-state index in [1.165, 1.54) is 11.3 Å². The lowest BCUT2D eigenvalue weighted by atomic mass is 10.1. The summed E-state index contributed by atoms with van der Waals surface area (Å²) in [6.07, 6.45) is 1.78. The molecule has 0 bridgehead atoms. The molecule has 23 heavy (non-hydrogen) atoms. The minimum atomic E-state index is -0.371. The van der Waals surface area contributed by atoms with Crippen LogP contribution in [0, 0.1) is 5.92 Å². The predicted octanol–water partition coefficient (Wildman–Crippen LogP) is 2.24. The van der Waals surface area contributed by atoms with Crippen LogP contribution in [-0.4, -0.2) is 33.5 Å². The van der Waals surface area contributed by atoms with Gasteiger partial charge < -0.3 is 14.6 Å². The third-order valence-electron chi connectivity index (χ3n) is 3.68. The Bertz CT molecular complexity index is 695. The van der Waals surface area contributed by atoms with Gasteiger partial charge in [-0.25, -0.2) is 0 Å². The molecule has 3 heterocycles. The molecule has 0 aliphatic carbocycles. The lowest BCUT2D eigenvalue weighted by Gasteiger charge is -2.14. The summed E-state index contributed by atoms with van der Waals surface area (Å²) in [6, 6.07) is 3.59. The third kappa shape index (κ3) is 3.58. The van der Waals surface area contributed by atoms with Gasteiger partial charge in [0.05, 0.1) is 18.7 Å². The summed E-state index contributed by atoms with van der Waals surface area (Å²) in [7, 11) is 0. The number of hydrogen-bond acceptors (Lipinski definition) is 6. The number of furan rings is 1. The summed E-state index contributed by atoms with van der Waals surface area (Å²) >= 11 is 1.37. The topological polar surface area (TPSA) is 88.3 Å². The van der Waals surface area contributed by atoms with Crippen LogP contribution in [0.3, 0.4) is 0 Å².